The Morgan fingerprint density at radius 3 is 0.821 bits per heavy atom. The summed E-state index contributed by atoms with van der Waals surface area (Å²) in [5, 5.41) is 0. The lowest BCUT2D eigenvalue weighted by molar-refractivity contribution is 0.461. The van der Waals surface area contributed by atoms with E-state index in [0.717, 1.165) is 0 Å². The van der Waals surface area contributed by atoms with E-state index in [4.69, 9.17) is 15.6 Å². The predicted molar refractivity (Wildman–Crippen MR) is 261 cm³/mol. The summed E-state index contributed by atoms with van der Waals surface area (Å²) >= 11 is 0. The van der Waals surface area contributed by atoms with Gasteiger partial charge in [0.15, 0.2) is 0 Å². The van der Waals surface area contributed by atoms with Crippen LogP contribution in [0.1, 0.15) is 22.8 Å². The van der Waals surface area contributed by atoms with Crippen molar-refractivity contribution in [3.8, 4) is 44.5 Å². The number of benzene rings is 4. The first-order chi connectivity index (χ1) is 32.0. The van der Waals surface area contributed by atoms with Crippen LogP contribution in [0.5, 0.6) is 0 Å². The zero-order chi connectivity index (χ0) is 48.9. The maximum atomic E-state index is 12.1. The smallest absolute Gasteiger partial charge is 0.409 e. The van der Waals surface area contributed by atoms with Crippen LogP contribution in [0.25, 0.3) is 90.9 Å². The zero-order valence-corrected chi connectivity index (χ0v) is 39.9. The van der Waals surface area contributed by atoms with Crippen LogP contribution in [0.15, 0.2) is 141 Å². The summed E-state index contributed by atoms with van der Waals surface area (Å²) in [5.74, 6) is 0. The molecular formula is C44H31N4O12P2S5-3. The van der Waals surface area contributed by atoms with Gasteiger partial charge >= 0.3 is 10.1 Å². The van der Waals surface area contributed by atoms with Gasteiger partial charge < -0.3 is 38.2 Å². The van der Waals surface area contributed by atoms with E-state index in [9.17, 15) is 47.3 Å². The molecule has 342 valence electrons. The highest BCUT2D eigenvalue weighted by atomic mass is 32.7. The SMILES string of the molecule is O=S(=O)([O-])c1ccc(-c2c3nc(c(-c4ccc(S(=O)(=O)[O-])cc4)c4ccc([nH]4)c(-c4ccc(S(=O)(=O)[OH2+])cc4)c4nc(c(-c5ccc(S(=O)(=O)[O-])cc5)c5ccc2[nH]5)C=C4)C=C3)cc1.[3H][S-](=P)=P. The maximum Gasteiger partial charge on any atom is 0.409 e. The Morgan fingerprint density at radius 2 is 0.627 bits per heavy atom. The molecule has 0 unspecified atom stereocenters. The van der Waals surface area contributed by atoms with Crippen LogP contribution >= 0.6 is 16.0 Å². The average molecular weight is 1030 g/mol. The highest BCUT2D eigenvalue weighted by Crippen LogP contribution is 2.39. The van der Waals surface area contributed by atoms with Crippen molar-refractivity contribution in [3.05, 3.63) is 144 Å². The number of aromatic nitrogens is 4. The average Bonchev–Trinajstić information content (AvgIpc) is 4.11. The molecule has 16 nitrogen and oxygen atoms in total. The molecule has 0 saturated carbocycles. The second-order valence-electron chi connectivity index (χ2n) is 14.6. The van der Waals surface area contributed by atoms with Crippen molar-refractivity contribution in [1.29, 1.82) is 1.12 Å². The fraction of sp³-hybridized carbons (Fsp3) is 0. The predicted octanol–water partition coefficient (Wildman–Crippen LogP) is 7.37. The fourth-order valence-electron chi connectivity index (χ4n) is 7.59. The van der Waals surface area contributed by atoms with Gasteiger partial charge in [-0.1, -0.05) is 48.5 Å². The lowest BCUT2D eigenvalue weighted by atomic mass is 10.0. The standard InChI is InChI=1S/C44H30N4O12S4.H3P2S/c49-61(50,51)29-9-1-25(2-10-29)41-33-17-19-35(45-33)42(26-3-11-30(12-4-26)62(52,53)54)37-21-23-39(47-37)44(28-7-15-32(16-8-28)64(58,59)60)40-24-22-38(48-40)43(36-20-18-34(41)46-36)27-5-13-31(14-6-27)63(55,56)57;1-3-2/h1-24,45,48H,(H,49,50,51)(H,52,53,54)(H,55,56,57)(H,58,59,60);1-3H/q;-1/p-2/i;3T. The number of nitrogens with zero attached hydrogens (tertiary/aromatic N) is 2. The zero-order valence-electron chi connectivity index (χ0n) is 34.8. The van der Waals surface area contributed by atoms with Gasteiger partial charge in [-0.25, -0.2) is 35.2 Å². The van der Waals surface area contributed by atoms with Gasteiger partial charge in [0.05, 0.1) is 37.5 Å². The number of nitrogens with one attached hydrogen (secondary N) is 2. The van der Waals surface area contributed by atoms with Crippen LogP contribution in [-0.2, 0) is 50.5 Å². The molecule has 0 spiro atoms. The topological polar surface area (TPSA) is 286 Å². The molecule has 5 heterocycles. The largest absolute Gasteiger partial charge is 0.744 e. The number of H-pyrrole nitrogens is 2. The van der Waals surface area contributed by atoms with E-state index in [2.05, 4.69) is 26.0 Å². The van der Waals surface area contributed by atoms with E-state index in [-0.39, 0.29) is 4.90 Å². The van der Waals surface area contributed by atoms with E-state index < -0.39 is 65.2 Å². The van der Waals surface area contributed by atoms with E-state index in [0.29, 0.717) is 89.4 Å². The first kappa shape index (κ1) is 46.2. The molecule has 4 N–H and O–H groups in total. The molecule has 8 bridgehead atoms. The van der Waals surface area contributed by atoms with Crippen LogP contribution in [0.4, 0.5) is 0 Å². The number of thiol groups is 1. The molecule has 9 rings (SSSR count). The van der Waals surface area contributed by atoms with Gasteiger partial charge in [0.2, 0.25) is 0 Å². The Bertz CT molecular complexity index is 3490. The first-order valence-corrected chi connectivity index (χ1v) is 28.1. The Labute approximate surface area is 391 Å². The molecule has 7 aromatic rings. The third kappa shape index (κ3) is 10.0. The quantitative estimate of drug-likeness (QED) is 0.0495. The number of fused-ring (bicyclic) bond motifs is 8. The van der Waals surface area contributed by atoms with Gasteiger partial charge in [-0.15, -0.1) is 9.54 Å². The van der Waals surface area contributed by atoms with Gasteiger partial charge in [-0.05, 0) is 119 Å². The molecule has 4 aromatic carbocycles. The van der Waals surface area contributed by atoms with Crippen molar-refractivity contribution in [2.24, 2.45) is 0 Å². The summed E-state index contributed by atoms with van der Waals surface area (Å²) in [6.45, 7) is 0. The van der Waals surface area contributed by atoms with Gasteiger partial charge in [-0.2, -0.15) is 0 Å². The van der Waals surface area contributed by atoms with Crippen LogP contribution < -0.4 is 0 Å². The molecule has 3 aromatic heterocycles. The van der Waals surface area contributed by atoms with Crippen LogP contribution in [0.2, 0.25) is 0 Å². The summed E-state index contributed by atoms with van der Waals surface area (Å²) in [5.41, 5.74) is 7.09. The number of aromatic amines is 2. The van der Waals surface area contributed by atoms with Gasteiger partial charge in [0.25, 0.3) is 0 Å². The van der Waals surface area contributed by atoms with Crippen LogP contribution in [0.3, 0.4) is 0 Å². The van der Waals surface area contributed by atoms with Crippen molar-refractivity contribution in [3.63, 3.8) is 0 Å². The summed E-state index contributed by atoms with van der Waals surface area (Å²) in [7, 11) is -13.4. The lowest BCUT2D eigenvalue weighted by Crippen LogP contribution is -1.98. The first-order valence-electron chi connectivity index (χ1n) is 19.5. The maximum absolute atomic E-state index is 12.1. The van der Waals surface area contributed by atoms with Gasteiger partial charge in [0.1, 0.15) is 35.2 Å². The lowest BCUT2D eigenvalue weighted by Gasteiger charge is -2.10. The minimum Gasteiger partial charge on any atom is -0.744 e. The minimum absolute atomic E-state index is 0.241. The third-order valence-corrected chi connectivity index (χ3v) is 13.9. The molecule has 67 heavy (non-hydrogen) atoms. The molecule has 0 radical (unpaired) electrons. The molecule has 0 fully saturated rings. The van der Waals surface area contributed by atoms with E-state index in [1.165, 1.54) is 97.1 Å². The second-order valence-corrected chi connectivity index (χ2v) is 22.8. The van der Waals surface area contributed by atoms with Crippen LogP contribution in [0, 0.1) is 0 Å². The molecule has 0 amide bonds. The van der Waals surface area contributed by atoms with Gasteiger partial charge in [-0.3, -0.25) is 16.0 Å². The Hall–Kier alpha value is -5.93. The fourth-order valence-corrected chi connectivity index (χ4v) is 9.49. The Morgan fingerprint density at radius 1 is 0.418 bits per heavy atom. The number of hydrogen-bond donors (Lipinski definition) is 2. The monoisotopic (exact) mass is 1030 g/mol. The third-order valence-electron chi connectivity index (χ3n) is 10.5. The number of rotatable bonds is 8. The van der Waals surface area contributed by atoms with E-state index in [1.807, 2.05) is 0 Å². The van der Waals surface area contributed by atoms with Crippen molar-refractivity contribution in [2.75, 3.05) is 0 Å². The van der Waals surface area contributed by atoms with Crippen molar-refractivity contribution < 1.29 is 51.9 Å². The van der Waals surface area contributed by atoms with Crippen molar-refractivity contribution in [2.45, 2.75) is 19.6 Å². The molecular weight excluding hydrogens is 999 g/mol. The number of hydrogen-bond acceptors (Lipinski definition) is 14. The van der Waals surface area contributed by atoms with Gasteiger partial charge in [0, 0.05) is 44.3 Å². The molecule has 23 heteroatoms. The summed E-state index contributed by atoms with van der Waals surface area (Å²) < 4.78 is 145. The van der Waals surface area contributed by atoms with Crippen LogP contribution in [-0.4, -0.2) is 72.9 Å². The molecule has 2 aliphatic rings. The summed E-state index contributed by atoms with van der Waals surface area (Å²) in [6, 6.07) is 28.4. The Kier molecular flexibility index (Phi) is 12.6. The molecule has 0 saturated heterocycles. The highest BCUT2D eigenvalue weighted by molar-refractivity contribution is 8.17. The summed E-state index contributed by atoms with van der Waals surface area (Å²) in [4.78, 5) is 15.3. The Balaban J connectivity index is 0.00000150. The van der Waals surface area contributed by atoms with Crippen molar-refractivity contribution >= 4 is 113 Å². The van der Waals surface area contributed by atoms with E-state index >= 15 is 0 Å². The van der Waals surface area contributed by atoms with E-state index in [1.54, 1.807) is 48.6 Å². The highest BCUT2D eigenvalue weighted by Gasteiger charge is 2.21. The molecule has 2 aliphatic heterocycles. The molecule has 0 atom stereocenters. The normalized spacial score (nSPS) is 13.0. The minimum atomic E-state index is -4.80. The second kappa shape index (κ2) is 18.3. The summed E-state index contributed by atoms with van der Waals surface area (Å²) in [6.07, 6.45) is 6.85. The van der Waals surface area contributed by atoms with Crippen molar-refractivity contribution in [1.82, 2.24) is 19.9 Å². The molecule has 0 aliphatic carbocycles.